The number of hydrogen-bond donors (Lipinski definition) is 1. The van der Waals surface area contributed by atoms with E-state index in [-0.39, 0.29) is 6.04 Å². The number of rotatable bonds is 1. The molecule has 0 saturated carbocycles. The summed E-state index contributed by atoms with van der Waals surface area (Å²) in [5.74, 6) is 1.07. The number of fused-ring (bicyclic) bond motifs is 3. The number of nitrogens with one attached hydrogen (secondary N) is 1. The van der Waals surface area contributed by atoms with Crippen LogP contribution in [-0.2, 0) is 7.05 Å². The first-order chi connectivity index (χ1) is 9.75. The van der Waals surface area contributed by atoms with Crippen molar-refractivity contribution in [3.63, 3.8) is 0 Å². The van der Waals surface area contributed by atoms with Crippen molar-refractivity contribution in [1.29, 1.82) is 0 Å². The lowest BCUT2D eigenvalue weighted by Gasteiger charge is -2.25. The third-order valence-electron chi connectivity index (χ3n) is 3.93. The zero-order chi connectivity index (χ0) is 13.7. The minimum absolute atomic E-state index is 0.242. The summed E-state index contributed by atoms with van der Waals surface area (Å²) in [4.78, 5) is 4.23. The fourth-order valence-electron chi connectivity index (χ4n) is 3.03. The summed E-state index contributed by atoms with van der Waals surface area (Å²) >= 11 is 0. The van der Waals surface area contributed by atoms with Gasteiger partial charge in [-0.15, -0.1) is 0 Å². The molecule has 0 spiro atoms. The number of pyridine rings is 1. The molecule has 1 unspecified atom stereocenters. The van der Waals surface area contributed by atoms with Gasteiger partial charge in [0.05, 0.1) is 17.1 Å². The van der Waals surface area contributed by atoms with Crippen LogP contribution in [0.2, 0.25) is 0 Å². The van der Waals surface area contributed by atoms with Crippen LogP contribution in [0.15, 0.2) is 24.5 Å². The Bertz CT molecular complexity index is 770. The smallest absolute Gasteiger partial charge is 0.182 e. The summed E-state index contributed by atoms with van der Waals surface area (Å²) in [6.45, 7) is 2.97. The van der Waals surface area contributed by atoms with Gasteiger partial charge in [-0.25, -0.2) is 9.36 Å². The van der Waals surface area contributed by atoms with Crippen LogP contribution in [0.3, 0.4) is 0 Å². The van der Waals surface area contributed by atoms with E-state index in [0.29, 0.717) is 0 Å². The Morgan fingerprint density at radius 3 is 3.05 bits per heavy atom. The van der Waals surface area contributed by atoms with Gasteiger partial charge in [0.2, 0.25) is 0 Å². The van der Waals surface area contributed by atoms with Crippen molar-refractivity contribution >= 4 is 16.9 Å². The number of nitrogens with zero attached hydrogens (tertiary/aromatic N) is 5. The number of aryl methyl sites for hydroxylation is 2. The third-order valence-corrected chi connectivity index (χ3v) is 3.93. The van der Waals surface area contributed by atoms with E-state index in [0.717, 1.165) is 35.5 Å². The molecule has 0 aliphatic carbocycles. The fourth-order valence-corrected chi connectivity index (χ4v) is 3.03. The summed E-state index contributed by atoms with van der Waals surface area (Å²) in [5, 5.41) is 13.8. The Morgan fingerprint density at radius 2 is 2.25 bits per heavy atom. The topological polar surface area (TPSA) is 60.6 Å². The highest BCUT2D eigenvalue weighted by Crippen LogP contribution is 2.35. The molecule has 0 fully saturated rings. The largest absolute Gasteiger partial charge is 0.370 e. The average molecular weight is 268 g/mol. The van der Waals surface area contributed by atoms with Crippen LogP contribution in [0, 0.1) is 6.92 Å². The zero-order valence-corrected chi connectivity index (χ0v) is 11.5. The highest BCUT2D eigenvalue weighted by atomic mass is 15.4. The number of anilines is 1. The van der Waals surface area contributed by atoms with E-state index in [1.165, 1.54) is 5.56 Å². The first-order valence-electron chi connectivity index (χ1n) is 6.81. The molecular weight excluding hydrogens is 252 g/mol. The van der Waals surface area contributed by atoms with Gasteiger partial charge in [-0.1, -0.05) is 6.07 Å². The number of hydrogen-bond acceptors (Lipinski definition) is 4. The van der Waals surface area contributed by atoms with E-state index in [4.69, 9.17) is 5.10 Å². The summed E-state index contributed by atoms with van der Waals surface area (Å²) in [5.41, 5.74) is 3.15. The second-order valence-electron chi connectivity index (χ2n) is 5.22. The molecular formula is C14H16N6. The van der Waals surface area contributed by atoms with Gasteiger partial charge in [-0.05, 0) is 25.0 Å². The first kappa shape index (κ1) is 11.5. The number of aromatic nitrogens is 5. The second-order valence-corrected chi connectivity index (χ2v) is 5.22. The molecule has 0 bridgehead atoms. The van der Waals surface area contributed by atoms with Crippen molar-refractivity contribution in [2.24, 2.45) is 7.05 Å². The van der Waals surface area contributed by atoms with Crippen molar-refractivity contribution < 1.29 is 0 Å². The van der Waals surface area contributed by atoms with Crippen molar-refractivity contribution in [3.8, 4) is 0 Å². The van der Waals surface area contributed by atoms with Crippen LogP contribution in [0.5, 0.6) is 0 Å². The predicted molar refractivity (Wildman–Crippen MR) is 76.7 cm³/mol. The Morgan fingerprint density at radius 1 is 1.35 bits per heavy atom. The van der Waals surface area contributed by atoms with Crippen LogP contribution in [-0.4, -0.2) is 31.1 Å². The molecule has 3 aromatic heterocycles. The lowest BCUT2D eigenvalue weighted by Crippen LogP contribution is -2.24. The summed E-state index contributed by atoms with van der Waals surface area (Å²) in [6.07, 6.45) is 4.75. The van der Waals surface area contributed by atoms with E-state index in [9.17, 15) is 0 Å². The van der Waals surface area contributed by atoms with E-state index < -0.39 is 0 Å². The van der Waals surface area contributed by atoms with Crippen LogP contribution in [0.25, 0.3) is 11.0 Å². The maximum absolute atomic E-state index is 4.76. The first-order valence-corrected chi connectivity index (χ1v) is 6.81. The molecule has 6 nitrogen and oxygen atoms in total. The highest BCUT2D eigenvalue weighted by molar-refractivity contribution is 5.90. The standard InChI is InChI=1S/C14H16N6/c1-9-12-13-16-7-5-11(10-4-3-6-15-8-10)20(13)18-14(12)19(2)17-9/h3-4,6,8,11,16H,5,7H2,1-2H3. The molecule has 6 heteroatoms. The minimum Gasteiger partial charge on any atom is -0.370 e. The second kappa shape index (κ2) is 4.06. The van der Waals surface area contributed by atoms with Gasteiger partial charge < -0.3 is 5.32 Å². The Kier molecular flexibility index (Phi) is 2.33. The van der Waals surface area contributed by atoms with E-state index in [2.05, 4.69) is 26.1 Å². The van der Waals surface area contributed by atoms with Gasteiger partial charge in [-0.3, -0.25) is 4.98 Å². The van der Waals surface area contributed by atoms with E-state index in [1.54, 1.807) is 6.20 Å². The molecule has 4 heterocycles. The van der Waals surface area contributed by atoms with Gasteiger partial charge in [0, 0.05) is 26.0 Å². The predicted octanol–water partition coefficient (Wildman–Crippen LogP) is 1.88. The van der Waals surface area contributed by atoms with Crippen molar-refractivity contribution in [3.05, 3.63) is 35.8 Å². The van der Waals surface area contributed by atoms with Gasteiger partial charge in [0.15, 0.2) is 5.65 Å². The Hall–Kier alpha value is -2.37. The molecule has 1 aliphatic rings. The third kappa shape index (κ3) is 1.47. The molecule has 1 N–H and O–H groups in total. The van der Waals surface area contributed by atoms with Crippen molar-refractivity contribution in [2.75, 3.05) is 11.9 Å². The Balaban J connectivity index is 1.94. The molecule has 102 valence electrons. The van der Waals surface area contributed by atoms with Gasteiger partial charge in [-0.2, -0.15) is 10.2 Å². The maximum atomic E-state index is 4.76. The monoisotopic (exact) mass is 268 g/mol. The van der Waals surface area contributed by atoms with Gasteiger partial charge >= 0.3 is 0 Å². The van der Waals surface area contributed by atoms with E-state index >= 15 is 0 Å². The normalized spacial score (nSPS) is 18.0. The summed E-state index contributed by atoms with van der Waals surface area (Å²) in [6, 6.07) is 4.34. The molecule has 4 rings (SSSR count). The molecule has 0 amide bonds. The minimum atomic E-state index is 0.242. The Labute approximate surface area is 116 Å². The van der Waals surface area contributed by atoms with Crippen LogP contribution < -0.4 is 5.32 Å². The van der Waals surface area contributed by atoms with Crippen molar-refractivity contribution in [1.82, 2.24) is 24.5 Å². The molecule has 1 aliphatic heterocycles. The van der Waals surface area contributed by atoms with E-state index in [1.807, 2.05) is 30.9 Å². The zero-order valence-electron chi connectivity index (χ0n) is 11.5. The fraction of sp³-hybridized carbons (Fsp3) is 0.357. The van der Waals surface area contributed by atoms with Crippen molar-refractivity contribution in [2.45, 2.75) is 19.4 Å². The lowest BCUT2D eigenvalue weighted by molar-refractivity contribution is 0.481. The maximum Gasteiger partial charge on any atom is 0.182 e. The quantitative estimate of drug-likeness (QED) is 0.732. The van der Waals surface area contributed by atoms with Crippen LogP contribution in [0.1, 0.15) is 23.7 Å². The SMILES string of the molecule is Cc1nn(C)c2nn3c(c12)NCCC3c1cccnc1. The lowest BCUT2D eigenvalue weighted by atomic mass is 10.0. The van der Waals surface area contributed by atoms with Gasteiger partial charge in [0.1, 0.15) is 5.82 Å². The van der Waals surface area contributed by atoms with Gasteiger partial charge in [0.25, 0.3) is 0 Å². The molecule has 0 aromatic carbocycles. The highest BCUT2D eigenvalue weighted by Gasteiger charge is 2.27. The van der Waals surface area contributed by atoms with Crippen LogP contribution in [0.4, 0.5) is 5.82 Å². The molecule has 0 saturated heterocycles. The molecule has 3 aromatic rings. The molecule has 0 radical (unpaired) electrons. The molecule has 1 atom stereocenters. The summed E-state index contributed by atoms with van der Waals surface area (Å²) in [7, 11) is 1.94. The molecule has 20 heavy (non-hydrogen) atoms. The summed E-state index contributed by atoms with van der Waals surface area (Å²) < 4.78 is 3.93. The van der Waals surface area contributed by atoms with Crippen LogP contribution >= 0.6 is 0 Å². The average Bonchev–Trinajstić information content (AvgIpc) is 2.99.